The van der Waals surface area contributed by atoms with Gasteiger partial charge in [0.25, 0.3) is 5.91 Å². The van der Waals surface area contributed by atoms with Crippen LogP contribution in [0.4, 0.5) is 17.1 Å². The largest absolute Gasteiger partial charge is 0.477 e. The van der Waals surface area contributed by atoms with Gasteiger partial charge in [-0.3, -0.25) is 24.6 Å². The van der Waals surface area contributed by atoms with Crippen LogP contribution in [0.5, 0.6) is 5.75 Å². The SMILES string of the molecule is Cc1ccc(OCC(=O)N2CC(=O)Nc3ccccc32)c([N+](=O)[O-])c1. The summed E-state index contributed by atoms with van der Waals surface area (Å²) in [6, 6.07) is 11.4. The van der Waals surface area contributed by atoms with Crippen LogP contribution in [0.2, 0.25) is 0 Å². The number of hydrogen-bond donors (Lipinski definition) is 1. The summed E-state index contributed by atoms with van der Waals surface area (Å²) < 4.78 is 5.35. The third kappa shape index (κ3) is 3.42. The smallest absolute Gasteiger partial charge is 0.311 e. The molecule has 0 saturated heterocycles. The second kappa shape index (κ2) is 6.60. The quantitative estimate of drug-likeness (QED) is 0.679. The van der Waals surface area contributed by atoms with Crippen LogP contribution in [0, 0.1) is 17.0 Å². The number of ether oxygens (including phenoxy) is 1. The van der Waals surface area contributed by atoms with Crippen LogP contribution in [-0.2, 0) is 9.59 Å². The van der Waals surface area contributed by atoms with E-state index in [9.17, 15) is 19.7 Å². The molecule has 25 heavy (non-hydrogen) atoms. The van der Waals surface area contributed by atoms with E-state index in [1.54, 1.807) is 37.3 Å². The molecular formula is C17H15N3O5. The highest BCUT2D eigenvalue weighted by Crippen LogP contribution is 2.30. The molecule has 1 aliphatic heterocycles. The van der Waals surface area contributed by atoms with Gasteiger partial charge in [-0.2, -0.15) is 0 Å². The zero-order chi connectivity index (χ0) is 18.0. The molecule has 0 atom stereocenters. The Labute approximate surface area is 143 Å². The number of nitro benzene ring substituents is 1. The van der Waals surface area contributed by atoms with Gasteiger partial charge in [0, 0.05) is 6.07 Å². The average molecular weight is 341 g/mol. The number of carbonyl (C=O) groups excluding carboxylic acids is 2. The molecule has 0 radical (unpaired) electrons. The first-order valence-electron chi connectivity index (χ1n) is 7.53. The molecule has 2 aromatic rings. The summed E-state index contributed by atoms with van der Waals surface area (Å²) in [5.74, 6) is -0.760. The number of benzene rings is 2. The van der Waals surface area contributed by atoms with Gasteiger partial charge in [-0.25, -0.2) is 0 Å². The first-order chi connectivity index (χ1) is 12.0. The average Bonchev–Trinajstić information content (AvgIpc) is 2.59. The second-order valence-corrected chi connectivity index (χ2v) is 5.56. The zero-order valence-electron chi connectivity index (χ0n) is 13.4. The third-order valence-corrected chi connectivity index (χ3v) is 3.73. The van der Waals surface area contributed by atoms with Crippen molar-refractivity contribution in [2.24, 2.45) is 0 Å². The van der Waals surface area contributed by atoms with Crippen molar-refractivity contribution in [2.45, 2.75) is 6.92 Å². The molecule has 0 unspecified atom stereocenters. The number of fused-ring (bicyclic) bond motifs is 1. The number of carbonyl (C=O) groups is 2. The fraction of sp³-hybridized carbons (Fsp3) is 0.176. The monoisotopic (exact) mass is 341 g/mol. The molecule has 8 heteroatoms. The van der Waals surface area contributed by atoms with Gasteiger partial charge >= 0.3 is 5.69 Å². The topological polar surface area (TPSA) is 102 Å². The fourth-order valence-corrected chi connectivity index (χ4v) is 2.57. The Bertz CT molecular complexity index is 865. The van der Waals surface area contributed by atoms with Crippen molar-refractivity contribution in [3.8, 4) is 5.75 Å². The highest BCUT2D eigenvalue weighted by molar-refractivity contribution is 6.10. The van der Waals surface area contributed by atoms with Crippen LogP contribution in [0.3, 0.4) is 0 Å². The number of hydrogen-bond acceptors (Lipinski definition) is 5. The van der Waals surface area contributed by atoms with E-state index in [2.05, 4.69) is 5.32 Å². The van der Waals surface area contributed by atoms with E-state index in [1.165, 1.54) is 17.0 Å². The van der Waals surface area contributed by atoms with Crippen molar-refractivity contribution in [1.29, 1.82) is 0 Å². The fourth-order valence-electron chi connectivity index (χ4n) is 2.57. The van der Waals surface area contributed by atoms with Gasteiger partial charge in [0.2, 0.25) is 5.91 Å². The number of nitrogens with one attached hydrogen (secondary N) is 1. The van der Waals surface area contributed by atoms with Gasteiger partial charge < -0.3 is 10.1 Å². The van der Waals surface area contributed by atoms with E-state index in [1.807, 2.05) is 0 Å². The standard InChI is InChI=1S/C17H15N3O5/c1-11-6-7-15(14(8-11)20(23)24)25-10-17(22)19-9-16(21)18-12-4-2-3-5-13(12)19/h2-8H,9-10H2,1H3,(H,18,21). The van der Waals surface area contributed by atoms with E-state index < -0.39 is 17.4 Å². The van der Waals surface area contributed by atoms with Crippen LogP contribution in [-0.4, -0.2) is 29.9 Å². The molecule has 0 saturated carbocycles. The van der Waals surface area contributed by atoms with Gasteiger partial charge in [-0.1, -0.05) is 18.2 Å². The van der Waals surface area contributed by atoms with Gasteiger partial charge in [0.15, 0.2) is 12.4 Å². The minimum atomic E-state index is -0.559. The lowest BCUT2D eigenvalue weighted by Crippen LogP contribution is -2.44. The lowest BCUT2D eigenvalue weighted by molar-refractivity contribution is -0.385. The van der Waals surface area contributed by atoms with Crippen molar-refractivity contribution in [1.82, 2.24) is 0 Å². The third-order valence-electron chi connectivity index (χ3n) is 3.73. The highest BCUT2D eigenvalue weighted by atomic mass is 16.6. The van der Waals surface area contributed by atoms with Crippen molar-refractivity contribution >= 4 is 28.9 Å². The minimum Gasteiger partial charge on any atom is -0.477 e. The molecular weight excluding hydrogens is 326 g/mol. The van der Waals surface area contributed by atoms with Gasteiger partial charge in [0.1, 0.15) is 6.54 Å². The lowest BCUT2D eigenvalue weighted by Gasteiger charge is -2.29. The molecule has 0 bridgehead atoms. The maximum atomic E-state index is 12.5. The van der Waals surface area contributed by atoms with Crippen LogP contribution in [0.1, 0.15) is 5.56 Å². The number of amides is 2. The normalized spacial score (nSPS) is 13.0. The number of aryl methyl sites for hydroxylation is 1. The van der Waals surface area contributed by atoms with Gasteiger partial charge in [-0.05, 0) is 30.7 Å². The molecule has 1 N–H and O–H groups in total. The van der Waals surface area contributed by atoms with Gasteiger partial charge in [0.05, 0.1) is 16.3 Å². The van der Waals surface area contributed by atoms with Crippen molar-refractivity contribution in [3.05, 3.63) is 58.1 Å². The summed E-state index contributed by atoms with van der Waals surface area (Å²) in [5, 5.41) is 13.8. The number of nitro groups is 1. The molecule has 8 nitrogen and oxygen atoms in total. The van der Waals surface area contributed by atoms with E-state index in [4.69, 9.17) is 4.74 Å². The van der Waals surface area contributed by atoms with Crippen LogP contribution < -0.4 is 15.0 Å². The van der Waals surface area contributed by atoms with E-state index >= 15 is 0 Å². The second-order valence-electron chi connectivity index (χ2n) is 5.56. The summed E-state index contributed by atoms with van der Waals surface area (Å²) in [6.45, 7) is 1.19. The summed E-state index contributed by atoms with van der Waals surface area (Å²) >= 11 is 0. The summed E-state index contributed by atoms with van der Waals surface area (Å²) in [6.07, 6.45) is 0. The molecule has 128 valence electrons. The Morgan fingerprint density at radius 2 is 2.08 bits per heavy atom. The maximum Gasteiger partial charge on any atom is 0.311 e. The Morgan fingerprint density at radius 3 is 2.84 bits per heavy atom. The predicted octanol–water partition coefficient (Wildman–Crippen LogP) is 2.27. The maximum absolute atomic E-state index is 12.5. The Hall–Kier alpha value is -3.42. The van der Waals surface area contributed by atoms with Crippen LogP contribution in [0.15, 0.2) is 42.5 Å². The molecule has 1 aliphatic rings. The van der Waals surface area contributed by atoms with Crippen LogP contribution >= 0.6 is 0 Å². The number of anilines is 2. The minimum absolute atomic E-state index is 0.0127. The summed E-state index contributed by atoms with van der Waals surface area (Å²) in [7, 11) is 0. The van der Waals surface area contributed by atoms with E-state index in [-0.39, 0.29) is 23.9 Å². The van der Waals surface area contributed by atoms with Crippen molar-refractivity contribution in [3.63, 3.8) is 0 Å². The Kier molecular flexibility index (Phi) is 4.34. The molecule has 0 aromatic heterocycles. The Morgan fingerprint density at radius 1 is 1.32 bits per heavy atom. The molecule has 1 heterocycles. The highest BCUT2D eigenvalue weighted by Gasteiger charge is 2.27. The molecule has 0 fully saturated rings. The molecule has 0 spiro atoms. The van der Waals surface area contributed by atoms with E-state index in [0.29, 0.717) is 16.9 Å². The number of nitrogens with zero attached hydrogens (tertiary/aromatic N) is 2. The van der Waals surface area contributed by atoms with Crippen molar-refractivity contribution < 1.29 is 19.2 Å². The summed E-state index contributed by atoms with van der Waals surface area (Å²) in [4.78, 5) is 36.1. The predicted molar refractivity (Wildman–Crippen MR) is 90.8 cm³/mol. The first kappa shape index (κ1) is 16.4. The van der Waals surface area contributed by atoms with E-state index in [0.717, 1.165) is 0 Å². The zero-order valence-corrected chi connectivity index (χ0v) is 13.4. The summed E-state index contributed by atoms with van der Waals surface area (Å²) in [5.41, 5.74) is 1.61. The lowest BCUT2D eigenvalue weighted by atomic mass is 10.2. The first-order valence-corrected chi connectivity index (χ1v) is 7.53. The van der Waals surface area contributed by atoms with Gasteiger partial charge in [-0.15, -0.1) is 0 Å². The Balaban J connectivity index is 1.78. The number of rotatable bonds is 4. The molecule has 0 aliphatic carbocycles. The van der Waals surface area contributed by atoms with Crippen LogP contribution in [0.25, 0.3) is 0 Å². The molecule has 2 amide bonds. The number of para-hydroxylation sites is 2. The van der Waals surface area contributed by atoms with Crippen molar-refractivity contribution in [2.75, 3.05) is 23.4 Å². The molecule has 2 aromatic carbocycles. The molecule has 3 rings (SSSR count).